The van der Waals surface area contributed by atoms with E-state index >= 15 is 0 Å². The molecule has 0 saturated heterocycles. The number of alkyl halides is 3. The third-order valence-corrected chi connectivity index (χ3v) is 1.86. The van der Waals surface area contributed by atoms with E-state index in [4.69, 9.17) is 5.73 Å². The highest BCUT2D eigenvalue weighted by molar-refractivity contribution is 5.76. The lowest BCUT2D eigenvalue weighted by Gasteiger charge is -2.11. The molecule has 2 N–H and O–H groups in total. The quantitative estimate of drug-likeness (QED) is 0.810. The van der Waals surface area contributed by atoms with Crippen LogP contribution in [0.5, 0.6) is 0 Å². The highest BCUT2D eigenvalue weighted by Crippen LogP contribution is 2.29. The molecule has 0 bridgehead atoms. The summed E-state index contributed by atoms with van der Waals surface area (Å²) >= 11 is 0. The van der Waals surface area contributed by atoms with E-state index in [0.29, 0.717) is 12.3 Å². The summed E-state index contributed by atoms with van der Waals surface area (Å²) in [7, 11) is 0. The molecule has 0 spiro atoms. The van der Waals surface area contributed by atoms with Crippen LogP contribution in [0.4, 0.5) is 13.2 Å². The number of nitrogens with zero attached hydrogens (tertiary/aromatic N) is 2. The van der Waals surface area contributed by atoms with E-state index in [1.54, 1.807) is 6.92 Å². The molecule has 1 aromatic rings. The molecule has 0 fully saturated rings. The Hall–Kier alpha value is -1.70. The smallest absolute Gasteiger partial charge is 0.418 e. The van der Waals surface area contributed by atoms with Crippen molar-refractivity contribution in [3.05, 3.63) is 23.5 Å². The summed E-state index contributed by atoms with van der Waals surface area (Å²) in [4.78, 5) is 11.2. The van der Waals surface area contributed by atoms with E-state index in [1.165, 1.54) is 0 Å². The Balaban J connectivity index is 2.96. The van der Waals surface area contributed by atoms with Crippen LogP contribution in [0.1, 0.15) is 24.2 Å². The SMILES string of the molecule is CCOC(=O)C(N)c1cc(C(F)(F)F)cnn1. The summed E-state index contributed by atoms with van der Waals surface area (Å²) in [6.45, 7) is 1.64. The minimum absolute atomic E-state index is 0.0823. The highest BCUT2D eigenvalue weighted by atomic mass is 19.4. The van der Waals surface area contributed by atoms with E-state index in [2.05, 4.69) is 14.9 Å². The molecular weight excluding hydrogens is 239 g/mol. The predicted molar refractivity (Wildman–Crippen MR) is 50.6 cm³/mol. The number of carbonyl (C=O) groups excluding carboxylic acids is 1. The fourth-order valence-corrected chi connectivity index (χ4v) is 1.04. The van der Waals surface area contributed by atoms with Gasteiger partial charge in [-0.3, -0.25) is 0 Å². The van der Waals surface area contributed by atoms with Crippen LogP contribution in [-0.2, 0) is 15.7 Å². The van der Waals surface area contributed by atoms with Gasteiger partial charge in [-0.25, -0.2) is 4.79 Å². The van der Waals surface area contributed by atoms with Gasteiger partial charge in [0.15, 0.2) is 0 Å². The lowest BCUT2D eigenvalue weighted by molar-refractivity contribution is -0.145. The van der Waals surface area contributed by atoms with E-state index in [0.717, 1.165) is 0 Å². The van der Waals surface area contributed by atoms with Crippen molar-refractivity contribution >= 4 is 5.97 Å². The van der Waals surface area contributed by atoms with E-state index < -0.39 is 23.8 Å². The van der Waals surface area contributed by atoms with E-state index in [-0.39, 0.29) is 12.3 Å². The van der Waals surface area contributed by atoms with Crippen molar-refractivity contribution in [2.24, 2.45) is 5.73 Å². The zero-order valence-electron chi connectivity index (χ0n) is 8.86. The number of rotatable bonds is 3. The lowest BCUT2D eigenvalue weighted by Crippen LogP contribution is -2.25. The van der Waals surface area contributed by atoms with Gasteiger partial charge in [-0.05, 0) is 13.0 Å². The maximum Gasteiger partial charge on any atom is 0.418 e. The fourth-order valence-electron chi connectivity index (χ4n) is 1.04. The summed E-state index contributed by atoms with van der Waals surface area (Å²) in [5, 5.41) is 6.54. The Labute approximate surface area is 94.8 Å². The van der Waals surface area contributed by atoms with Crippen LogP contribution in [0.3, 0.4) is 0 Å². The van der Waals surface area contributed by atoms with Gasteiger partial charge in [0.1, 0.15) is 6.04 Å². The number of halogens is 3. The molecular formula is C9H10F3N3O2. The summed E-state index contributed by atoms with van der Waals surface area (Å²) in [5.41, 5.74) is 4.10. The second kappa shape index (κ2) is 5.09. The molecule has 94 valence electrons. The van der Waals surface area contributed by atoms with E-state index in [9.17, 15) is 18.0 Å². The van der Waals surface area contributed by atoms with Gasteiger partial charge in [0.05, 0.1) is 24.1 Å². The molecule has 5 nitrogen and oxygen atoms in total. The molecule has 1 unspecified atom stereocenters. The van der Waals surface area contributed by atoms with Crippen molar-refractivity contribution in [1.29, 1.82) is 0 Å². The van der Waals surface area contributed by atoms with Crippen molar-refractivity contribution in [1.82, 2.24) is 10.2 Å². The standard InChI is InChI=1S/C9H10F3N3O2/c1-2-17-8(16)7(13)6-3-5(4-14-15-6)9(10,11)12/h3-4,7H,2,13H2,1H3. The summed E-state index contributed by atoms with van der Waals surface area (Å²) in [6, 6.07) is -0.695. The molecule has 8 heteroatoms. The Morgan fingerprint density at radius 3 is 2.76 bits per heavy atom. The van der Waals surface area contributed by atoms with Crippen LogP contribution in [0.15, 0.2) is 12.3 Å². The van der Waals surface area contributed by atoms with Gasteiger partial charge in [0.2, 0.25) is 0 Å². The number of ether oxygens (including phenoxy) is 1. The number of hydrogen-bond donors (Lipinski definition) is 1. The first-order valence-electron chi connectivity index (χ1n) is 4.68. The third kappa shape index (κ3) is 3.38. The molecule has 0 aliphatic rings. The van der Waals surface area contributed by atoms with Gasteiger partial charge in [0.25, 0.3) is 0 Å². The number of aromatic nitrogens is 2. The second-order valence-corrected chi connectivity index (χ2v) is 3.10. The topological polar surface area (TPSA) is 78.1 Å². The van der Waals surface area contributed by atoms with Crippen molar-refractivity contribution in [3.63, 3.8) is 0 Å². The van der Waals surface area contributed by atoms with E-state index in [1.807, 2.05) is 0 Å². The van der Waals surface area contributed by atoms with Gasteiger partial charge in [-0.2, -0.15) is 23.4 Å². The molecule has 1 atom stereocenters. The van der Waals surface area contributed by atoms with Gasteiger partial charge in [-0.15, -0.1) is 0 Å². The lowest BCUT2D eigenvalue weighted by atomic mass is 10.1. The monoisotopic (exact) mass is 249 g/mol. The molecule has 1 heterocycles. The minimum Gasteiger partial charge on any atom is -0.465 e. The zero-order valence-corrected chi connectivity index (χ0v) is 8.86. The van der Waals surface area contributed by atoms with Crippen LogP contribution < -0.4 is 5.73 Å². The first kappa shape index (κ1) is 13.4. The number of esters is 1. The second-order valence-electron chi connectivity index (χ2n) is 3.10. The highest BCUT2D eigenvalue weighted by Gasteiger charge is 2.32. The largest absolute Gasteiger partial charge is 0.465 e. The Kier molecular flexibility index (Phi) is 4.00. The average molecular weight is 249 g/mol. The number of nitrogens with two attached hydrogens (primary N) is 1. The Morgan fingerprint density at radius 1 is 1.59 bits per heavy atom. The van der Waals surface area contributed by atoms with Gasteiger partial charge in [0, 0.05) is 0 Å². The van der Waals surface area contributed by atoms with Crippen molar-refractivity contribution in [2.75, 3.05) is 6.61 Å². The zero-order chi connectivity index (χ0) is 13.1. The molecule has 0 aliphatic heterocycles. The maximum absolute atomic E-state index is 12.4. The minimum atomic E-state index is -4.56. The van der Waals surface area contributed by atoms with Gasteiger partial charge < -0.3 is 10.5 Å². The molecule has 1 rings (SSSR count). The maximum atomic E-state index is 12.4. The normalized spacial score (nSPS) is 13.2. The predicted octanol–water partition coefficient (Wildman–Crippen LogP) is 1.06. The molecule has 0 aliphatic carbocycles. The third-order valence-electron chi connectivity index (χ3n) is 1.86. The first-order valence-corrected chi connectivity index (χ1v) is 4.68. The Bertz CT molecular complexity index is 409. The Morgan fingerprint density at radius 2 is 2.24 bits per heavy atom. The van der Waals surface area contributed by atoms with Crippen molar-refractivity contribution in [2.45, 2.75) is 19.1 Å². The molecule has 0 amide bonds. The molecule has 0 aromatic carbocycles. The van der Waals surface area contributed by atoms with Gasteiger partial charge >= 0.3 is 12.1 Å². The number of hydrogen-bond acceptors (Lipinski definition) is 5. The van der Waals surface area contributed by atoms with Crippen LogP contribution in [0, 0.1) is 0 Å². The first-order chi connectivity index (χ1) is 7.86. The fraction of sp³-hybridized carbons (Fsp3) is 0.444. The van der Waals surface area contributed by atoms with Gasteiger partial charge in [-0.1, -0.05) is 0 Å². The van der Waals surface area contributed by atoms with Crippen LogP contribution in [0.2, 0.25) is 0 Å². The number of carbonyl (C=O) groups is 1. The van der Waals surface area contributed by atoms with Crippen LogP contribution in [0.25, 0.3) is 0 Å². The molecule has 0 radical (unpaired) electrons. The van der Waals surface area contributed by atoms with Crippen molar-refractivity contribution < 1.29 is 22.7 Å². The van der Waals surface area contributed by atoms with Crippen molar-refractivity contribution in [3.8, 4) is 0 Å². The molecule has 0 saturated carbocycles. The van der Waals surface area contributed by atoms with Crippen LogP contribution >= 0.6 is 0 Å². The average Bonchev–Trinajstić information content (AvgIpc) is 2.27. The van der Waals surface area contributed by atoms with Crippen LogP contribution in [-0.4, -0.2) is 22.8 Å². The summed E-state index contributed by atoms with van der Waals surface area (Å²) in [5.74, 6) is -0.846. The summed E-state index contributed by atoms with van der Waals surface area (Å²) in [6.07, 6.45) is -4.00. The summed E-state index contributed by atoms with van der Waals surface area (Å²) < 4.78 is 41.6. The molecule has 1 aromatic heterocycles. The molecule has 17 heavy (non-hydrogen) atoms.